The molecule has 0 fully saturated rings. The smallest absolute Gasteiger partial charge is 0.343 e. The van der Waals surface area contributed by atoms with Crippen LogP contribution in [-0.4, -0.2) is 50.2 Å². The number of unbranched alkanes of at least 4 members (excludes halogenated alkanes) is 11. The molecule has 74 heavy (non-hydrogen) atoms. The Morgan fingerprint density at radius 2 is 0.500 bits per heavy atom. The summed E-state index contributed by atoms with van der Waals surface area (Å²) in [6, 6.07) is 37.9. The summed E-state index contributed by atoms with van der Waals surface area (Å²) in [5.74, 6) is 0.733. The van der Waals surface area contributed by atoms with Gasteiger partial charge >= 0.3 is 23.9 Å². The van der Waals surface area contributed by atoms with Gasteiger partial charge in [0.05, 0.1) is 54.1 Å². The van der Waals surface area contributed by atoms with E-state index in [1.54, 1.807) is 48.5 Å². The van der Waals surface area contributed by atoms with Gasteiger partial charge in [-0.2, -0.15) is 0 Å². The van der Waals surface area contributed by atoms with E-state index in [9.17, 15) is 19.2 Å². The fraction of sp³-hybridized carbons (Fsp3) is 0.355. The minimum atomic E-state index is -1.90. The van der Waals surface area contributed by atoms with E-state index in [1.165, 1.54) is 97.1 Å². The van der Waals surface area contributed by atoms with Crippen molar-refractivity contribution in [2.24, 2.45) is 0 Å². The van der Waals surface area contributed by atoms with Gasteiger partial charge in [0, 0.05) is 0 Å². The van der Waals surface area contributed by atoms with Gasteiger partial charge in [-0.05, 0) is 171 Å². The van der Waals surface area contributed by atoms with Crippen molar-refractivity contribution in [2.75, 3.05) is 26.3 Å². The highest BCUT2D eigenvalue weighted by Gasteiger charge is 2.14. The van der Waals surface area contributed by atoms with Crippen LogP contribution >= 0.6 is 0 Å². The van der Waals surface area contributed by atoms with E-state index in [-0.39, 0.29) is 58.5 Å². The van der Waals surface area contributed by atoms with Gasteiger partial charge in [-0.25, -0.2) is 19.2 Å². The van der Waals surface area contributed by atoms with Crippen LogP contribution in [0.5, 0.6) is 46.0 Å². The van der Waals surface area contributed by atoms with E-state index in [4.69, 9.17) is 43.4 Å². The number of rotatable bonds is 33. The fourth-order valence-corrected chi connectivity index (χ4v) is 7.32. The first kappa shape index (κ1) is 50.0. The van der Waals surface area contributed by atoms with Gasteiger partial charge < -0.3 is 37.9 Å². The summed E-state index contributed by atoms with van der Waals surface area (Å²) in [7, 11) is 0. The van der Waals surface area contributed by atoms with Crippen LogP contribution in [0.1, 0.15) is 163 Å². The maximum Gasteiger partial charge on any atom is 0.343 e. The van der Waals surface area contributed by atoms with Crippen LogP contribution < -0.4 is 37.9 Å². The van der Waals surface area contributed by atoms with Crippen molar-refractivity contribution >= 4 is 23.9 Å². The topological polar surface area (TPSA) is 142 Å². The van der Waals surface area contributed by atoms with E-state index in [2.05, 4.69) is 13.8 Å². The van der Waals surface area contributed by atoms with Crippen molar-refractivity contribution in [1.29, 1.82) is 0 Å². The molecule has 0 spiro atoms. The SMILES string of the molecule is [2H]C([2H])(CCCCCCCCCCC([2H])([2H])Oc1ccc(C(=O)Oc2ccc(OC(=O)c3ccc(OCCCCC)cc3)cc2)cc1)Oc1ccc(C(=O)Oc2ccc(OC(=O)c3ccc(OCCCCC)cc3)cc2)cc1. The molecule has 6 aromatic carbocycles. The number of hydrogen-bond acceptors (Lipinski definition) is 12. The van der Waals surface area contributed by atoms with Gasteiger partial charge in [0.2, 0.25) is 0 Å². The molecule has 12 heteroatoms. The van der Waals surface area contributed by atoms with Gasteiger partial charge in [-0.3, -0.25) is 0 Å². The van der Waals surface area contributed by atoms with Crippen LogP contribution in [0.25, 0.3) is 0 Å². The predicted octanol–water partition coefficient (Wildman–Crippen LogP) is 15.1. The van der Waals surface area contributed by atoms with E-state index in [0.717, 1.165) is 77.0 Å². The predicted molar refractivity (Wildman–Crippen MR) is 286 cm³/mol. The second kappa shape index (κ2) is 31.8. The Morgan fingerprint density at radius 1 is 0.284 bits per heavy atom. The molecule has 6 aromatic rings. The normalized spacial score (nSPS) is 12.0. The Morgan fingerprint density at radius 3 is 0.743 bits per heavy atom. The Kier molecular flexibility index (Phi) is 21.4. The van der Waals surface area contributed by atoms with E-state index in [0.29, 0.717) is 48.7 Å². The Bertz CT molecular complexity index is 2580. The average Bonchev–Trinajstić information content (AvgIpc) is 3.44. The molecule has 0 aromatic heterocycles. The van der Waals surface area contributed by atoms with Gasteiger partial charge in [0.1, 0.15) is 46.0 Å². The summed E-state index contributed by atoms with van der Waals surface area (Å²) in [6.07, 6.45) is 13.5. The number of benzene rings is 6. The zero-order valence-corrected chi connectivity index (χ0v) is 42.5. The number of ether oxygens (including phenoxy) is 8. The molecule has 0 aliphatic carbocycles. The first-order chi connectivity index (χ1) is 37.7. The first-order valence-corrected chi connectivity index (χ1v) is 25.8. The molecule has 6 rings (SSSR count). The Labute approximate surface area is 441 Å². The van der Waals surface area contributed by atoms with E-state index >= 15 is 0 Å². The maximum absolute atomic E-state index is 12.8. The Balaban J connectivity index is 0.788. The lowest BCUT2D eigenvalue weighted by molar-refractivity contribution is 0.0719. The highest BCUT2D eigenvalue weighted by Crippen LogP contribution is 2.24. The van der Waals surface area contributed by atoms with Gasteiger partial charge in [-0.1, -0.05) is 90.9 Å². The summed E-state index contributed by atoms with van der Waals surface area (Å²) in [4.78, 5) is 51.0. The number of carbonyl (C=O) groups excluding carboxylic acids is 4. The fourth-order valence-electron chi connectivity index (χ4n) is 7.32. The minimum absolute atomic E-state index is 0.202. The summed E-state index contributed by atoms with van der Waals surface area (Å²) in [5, 5.41) is 0. The number of esters is 4. The lowest BCUT2D eigenvalue weighted by Gasteiger charge is -2.09. The monoisotopic (exact) mass is 1010 g/mol. The Hall–Kier alpha value is -7.60. The molecule has 0 bridgehead atoms. The van der Waals surface area contributed by atoms with Crippen molar-refractivity contribution in [1.82, 2.24) is 0 Å². The quantitative estimate of drug-likeness (QED) is 0.0220. The lowest BCUT2D eigenvalue weighted by Crippen LogP contribution is -2.09. The highest BCUT2D eigenvalue weighted by atomic mass is 16.6. The second-order valence-electron chi connectivity index (χ2n) is 17.5. The third kappa shape index (κ3) is 20.1. The summed E-state index contributed by atoms with van der Waals surface area (Å²) >= 11 is 0. The third-order valence-electron chi connectivity index (χ3n) is 11.6. The molecule has 12 nitrogen and oxygen atoms in total. The molecule has 0 aliphatic rings. The first-order valence-electron chi connectivity index (χ1n) is 27.8. The summed E-state index contributed by atoms with van der Waals surface area (Å²) in [5.41, 5.74) is 1.24. The van der Waals surface area contributed by atoms with Crippen molar-refractivity contribution in [3.63, 3.8) is 0 Å². The van der Waals surface area contributed by atoms with E-state index in [1.807, 2.05) is 0 Å². The molecule has 0 N–H and O–H groups in total. The lowest BCUT2D eigenvalue weighted by atomic mass is 10.1. The maximum atomic E-state index is 12.8. The van der Waals surface area contributed by atoms with Crippen LogP contribution in [0.2, 0.25) is 0 Å². The summed E-state index contributed by atoms with van der Waals surface area (Å²) in [6.45, 7) is 1.70. The van der Waals surface area contributed by atoms with Gasteiger partial charge in [-0.15, -0.1) is 0 Å². The molecule has 390 valence electrons. The van der Waals surface area contributed by atoms with Crippen molar-refractivity contribution in [3.8, 4) is 46.0 Å². The van der Waals surface area contributed by atoms with Gasteiger partial charge in [0.15, 0.2) is 0 Å². The van der Waals surface area contributed by atoms with Crippen LogP contribution in [-0.2, 0) is 0 Å². The molecule has 0 saturated heterocycles. The standard InChI is InChI=1S/C62H70O12/c1-3-5-15-43-67-51-27-19-47(20-28-51)59(63)71-55-35-39-57(40-36-55)73-61(65)49-23-31-53(32-24-49)69-45-17-13-11-9-7-8-10-12-14-18-46-70-54-33-25-50(26-34-54)62(66)74-58-41-37-56(38-42-58)72-60(64)48-21-29-52(30-22-48)68-44-16-6-4-2/h19-42H,3-18,43-46H2,1-2H3/i45D2,46D2. The second-order valence-corrected chi connectivity index (χ2v) is 17.5. The van der Waals surface area contributed by atoms with Crippen LogP contribution in [0, 0.1) is 0 Å². The van der Waals surface area contributed by atoms with Crippen molar-refractivity contribution < 1.29 is 62.6 Å². The zero-order chi connectivity index (χ0) is 55.6. The van der Waals surface area contributed by atoms with Crippen molar-refractivity contribution in [3.05, 3.63) is 168 Å². The molecule has 0 unspecified atom stereocenters. The third-order valence-corrected chi connectivity index (χ3v) is 11.6. The van der Waals surface area contributed by atoms with Crippen LogP contribution in [0.3, 0.4) is 0 Å². The minimum Gasteiger partial charge on any atom is -0.494 e. The van der Waals surface area contributed by atoms with Crippen LogP contribution in [0.4, 0.5) is 0 Å². The average molecular weight is 1010 g/mol. The molecule has 0 amide bonds. The molecule has 0 radical (unpaired) electrons. The highest BCUT2D eigenvalue weighted by molar-refractivity contribution is 5.93. The molecule has 0 aliphatic heterocycles. The molecule has 0 heterocycles. The van der Waals surface area contributed by atoms with E-state index < -0.39 is 37.0 Å². The molecular weight excluding hydrogens is 937 g/mol. The molecule has 0 saturated carbocycles. The summed E-state index contributed by atoms with van der Waals surface area (Å²) < 4.78 is 78.1. The zero-order valence-electron chi connectivity index (χ0n) is 46.5. The molecular formula is C62H70O12. The van der Waals surface area contributed by atoms with Crippen molar-refractivity contribution in [2.45, 2.75) is 117 Å². The number of carbonyl (C=O) groups is 4. The largest absolute Gasteiger partial charge is 0.494 e. The number of hydrogen-bond donors (Lipinski definition) is 0. The van der Waals surface area contributed by atoms with Gasteiger partial charge in [0.25, 0.3) is 0 Å². The molecule has 0 atom stereocenters. The van der Waals surface area contributed by atoms with Crippen LogP contribution in [0.15, 0.2) is 146 Å².